The average Bonchev–Trinajstić information content (AvgIpc) is 2.74. The van der Waals surface area contributed by atoms with Gasteiger partial charge in [0.25, 0.3) is 0 Å². The normalized spacial score (nSPS) is 19.0. The molecular weight excluding hydrogens is 408 g/mol. The first-order valence-corrected chi connectivity index (χ1v) is 14.8. The second-order valence-electron chi connectivity index (χ2n) is 10.2. The molecule has 2 nitrogen and oxygen atoms in total. The van der Waals surface area contributed by atoms with Crippen LogP contribution in [0.1, 0.15) is 64.0 Å². The second kappa shape index (κ2) is 11.0. The van der Waals surface area contributed by atoms with E-state index in [1.54, 1.807) is 0 Å². The number of allylic oxidation sites excluding steroid dienone is 2. The lowest BCUT2D eigenvalue weighted by molar-refractivity contribution is 0.158. The molecule has 1 unspecified atom stereocenters. The molecule has 0 bridgehead atoms. The molecule has 0 aromatic heterocycles. The molecule has 32 heavy (non-hydrogen) atoms. The van der Waals surface area contributed by atoms with E-state index in [-0.39, 0.29) is 5.04 Å². The highest BCUT2D eigenvalue weighted by Crippen LogP contribution is 2.38. The van der Waals surface area contributed by atoms with Gasteiger partial charge in [0.2, 0.25) is 0 Å². The summed E-state index contributed by atoms with van der Waals surface area (Å²) in [4.78, 5) is 0. The smallest absolute Gasteiger partial charge is 0.192 e. The zero-order valence-electron chi connectivity index (χ0n) is 20.4. The first-order valence-electron chi connectivity index (χ1n) is 11.9. The van der Waals surface area contributed by atoms with Crippen molar-refractivity contribution in [2.24, 2.45) is 0 Å². The van der Waals surface area contributed by atoms with Crippen molar-refractivity contribution in [3.8, 4) is 17.6 Å². The van der Waals surface area contributed by atoms with Crippen LogP contribution in [0.5, 0.6) is 5.75 Å². The predicted molar refractivity (Wildman–Crippen MR) is 137 cm³/mol. The highest BCUT2D eigenvalue weighted by Gasteiger charge is 2.38. The van der Waals surface area contributed by atoms with Crippen LogP contribution in [0.3, 0.4) is 0 Å². The van der Waals surface area contributed by atoms with Crippen LogP contribution in [0.4, 0.5) is 0 Å². The van der Waals surface area contributed by atoms with Crippen molar-refractivity contribution in [2.45, 2.75) is 83.7 Å². The molecule has 2 aromatic rings. The minimum absolute atomic E-state index is 0.268. The molecule has 0 heterocycles. The minimum atomic E-state index is -1.70. The first-order chi connectivity index (χ1) is 15.2. The highest BCUT2D eigenvalue weighted by atomic mass is 28.4. The molecule has 0 fully saturated rings. The van der Waals surface area contributed by atoms with E-state index < -0.39 is 8.32 Å². The molecule has 0 saturated carbocycles. The van der Waals surface area contributed by atoms with Crippen LogP contribution in [-0.2, 0) is 11.0 Å². The Hall–Kier alpha value is -2.28. The number of benzene rings is 2. The van der Waals surface area contributed by atoms with Crippen molar-refractivity contribution >= 4 is 8.32 Å². The fraction of sp³-hybridized carbons (Fsp3) is 0.448. The fourth-order valence-electron chi connectivity index (χ4n) is 3.56. The lowest BCUT2D eigenvalue weighted by Crippen LogP contribution is -2.44. The topological polar surface area (TPSA) is 18.5 Å². The summed E-state index contributed by atoms with van der Waals surface area (Å²) in [5.74, 6) is 7.62. The maximum atomic E-state index is 6.66. The van der Waals surface area contributed by atoms with Crippen LogP contribution in [0.25, 0.3) is 0 Å². The molecule has 170 valence electrons. The van der Waals surface area contributed by atoms with Crippen LogP contribution < -0.4 is 4.74 Å². The molecule has 0 N–H and O–H groups in total. The molecule has 2 aromatic carbocycles. The molecule has 0 amide bonds. The molecule has 1 atom stereocenters. The zero-order valence-corrected chi connectivity index (χ0v) is 21.4. The molecule has 0 radical (unpaired) electrons. The first kappa shape index (κ1) is 24.4. The molecular formula is C29H38O2Si. The third-order valence-electron chi connectivity index (χ3n) is 6.59. The van der Waals surface area contributed by atoms with Gasteiger partial charge in [0.05, 0.1) is 0 Å². The molecule has 0 aliphatic heterocycles. The SMILES string of the molecule is CC(C)(C)[Si](C)(C)OC1CC/C=C(/C#Cc2ccc(OCc3ccccc3)cc2)CCC1. The molecule has 1 aliphatic rings. The van der Waals surface area contributed by atoms with E-state index in [4.69, 9.17) is 9.16 Å². The van der Waals surface area contributed by atoms with Gasteiger partial charge >= 0.3 is 0 Å². The number of rotatable bonds is 5. The van der Waals surface area contributed by atoms with E-state index in [1.807, 2.05) is 42.5 Å². The summed E-state index contributed by atoms with van der Waals surface area (Å²) in [7, 11) is -1.70. The van der Waals surface area contributed by atoms with E-state index in [2.05, 4.69) is 63.9 Å². The van der Waals surface area contributed by atoms with Gasteiger partial charge in [0.1, 0.15) is 12.4 Å². The van der Waals surface area contributed by atoms with Crippen LogP contribution in [-0.4, -0.2) is 14.4 Å². The van der Waals surface area contributed by atoms with Crippen molar-refractivity contribution in [1.29, 1.82) is 0 Å². The van der Waals surface area contributed by atoms with Crippen LogP contribution in [0.15, 0.2) is 66.2 Å². The van der Waals surface area contributed by atoms with Crippen molar-refractivity contribution < 1.29 is 9.16 Å². The average molecular weight is 447 g/mol. The largest absolute Gasteiger partial charge is 0.489 e. The third kappa shape index (κ3) is 7.40. The van der Waals surface area contributed by atoms with Crippen LogP contribution in [0.2, 0.25) is 18.1 Å². The second-order valence-corrected chi connectivity index (χ2v) is 15.0. The van der Waals surface area contributed by atoms with Crippen molar-refractivity contribution in [3.05, 3.63) is 77.4 Å². The molecule has 3 heteroatoms. The van der Waals surface area contributed by atoms with Gasteiger partial charge in [-0.05, 0) is 85.6 Å². The molecule has 0 saturated heterocycles. The third-order valence-corrected chi connectivity index (χ3v) is 11.1. The summed E-state index contributed by atoms with van der Waals surface area (Å²) in [5.41, 5.74) is 3.46. The van der Waals surface area contributed by atoms with Gasteiger partial charge in [-0.1, -0.05) is 69.0 Å². The number of hydrogen-bond donors (Lipinski definition) is 0. The lowest BCUT2D eigenvalue weighted by Gasteiger charge is -2.39. The summed E-state index contributed by atoms with van der Waals surface area (Å²) in [6, 6.07) is 18.3. The minimum Gasteiger partial charge on any atom is -0.489 e. The Morgan fingerprint density at radius 3 is 2.34 bits per heavy atom. The Kier molecular flexibility index (Phi) is 8.40. The van der Waals surface area contributed by atoms with E-state index >= 15 is 0 Å². The van der Waals surface area contributed by atoms with E-state index in [0.29, 0.717) is 12.7 Å². The van der Waals surface area contributed by atoms with Crippen molar-refractivity contribution in [2.75, 3.05) is 0 Å². The van der Waals surface area contributed by atoms with Gasteiger partial charge < -0.3 is 9.16 Å². The van der Waals surface area contributed by atoms with E-state index in [0.717, 1.165) is 43.4 Å². The summed E-state index contributed by atoms with van der Waals surface area (Å²) in [6.45, 7) is 12.2. The summed E-state index contributed by atoms with van der Waals surface area (Å²) < 4.78 is 12.5. The van der Waals surface area contributed by atoms with Crippen molar-refractivity contribution in [1.82, 2.24) is 0 Å². The Bertz CT molecular complexity index is 941. The number of hydrogen-bond acceptors (Lipinski definition) is 2. The highest BCUT2D eigenvalue weighted by molar-refractivity contribution is 6.74. The Balaban J connectivity index is 1.52. The molecule has 3 rings (SSSR count). The molecule has 1 aliphatic carbocycles. The van der Waals surface area contributed by atoms with Crippen LogP contribution in [0, 0.1) is 11.8 Å². The summed E-state index contributed by atoms with van der Waals surface area (Å²) >= 11 is 0. The fourth-order valence-corrected chi connectivity index (χ4v) is 4.99. The summed E-state index contributed by atoms with van der Waals surface area (Å²) in [5, 5.41) is 0.268. The summed E-state index contributed by atoms with van der Waals surface area (Å²) in [6.07, 6.45) is 8.20. The van der Waals surface area contributed by atoms with Gasteiger partial charge in [-0.3, -0.25) is 0 Å². The van der Waals surface area contributed by atoms with Crippen LogP contribution >= 0.6 is 0 Å². The van der Waals surface area contributed by atoms with Gasteiger partial charge in [0.15, 0.2) is 8.32 Å². The number of ether oxygens (including phenoxy) is 1. The van der Waals surface area contributed by atoms with E-state index in [9.17, 15) is 0 Å². The maximum Gasteiger partial charge on any atom is 0.192 e. The quantitative estimate of drug-likeness (QED) is 0.343. The Morgan fingerprint density at radius 2 is 1.66 bits per heavy atom. The van der Waals surface area contributed by atoms with Gasteiger partial charge in [0, 0.05) is 11.7 Å². The van der Waals surface area contributed by atoms with E-state index in [1.165, 1.54) is 11.1 Å². The van der Waals surface area contributed by atoms with Gasteiger partial charge in [-0.25, -0.2) is 0 Å². The van der Waals surface area contributed by atoms with Gasteiger partial charge in [-0.15, -0.1) is 0 Å². The van der Waals surface area contributed by atoms with Crippen molar-refractivity contribution in [3.63, 3.8) is 0 Å². The lowest BCUT2D eigenvalue weighted by atomic mass is 9.98. The Labute approximate surface area is 196 Å². The Morgan fingerprint density at radius 1 is 0.938 bits per heavy atom. The standard InChI is InChI=1S/C29H38O2Si/c1-29(2,3)32(4,5)31-28-15-9-13-24(14-10-16-28)17-18-25-19-21-27(22-20-25)30-23-26-11-7-6-8-12-26/h6-8,11-13,19-22,28H,9-10,14-16,23H2,1-5H3/b24-13+. The van der Waals surface area contributed by atoms with Gasteiger partial charge in [-0.2, -0.15) is 0 Å². The maximum absolute atomic E-state index is 6.66. The monoisotopic (exact) mass is 446 g/mol. The molecule has 0 spiro atoms. The zero-order chi connectivity index (χ0) is 23.0. The predicted octanol–water partition coefficient (Wildman–Crippen LogP) is 7.90.